The molecule has 0 aromatic heterocycles. The highest BCUT2D eigenvalue weighted by atomic mass is 32.1. The Kier molecular flexibility index (Phi) is 6.06. The third-order valence-corrected chi connectivity index (χ3v) is 5.16. The Morgan fingerprint density at radius 1 is 0.957 bits per heavy atom. The van der Waals surface area contributed by atoms with Crippen molar-refractivity contribution in [1.82, 2.24) is 4.90 Å². The number of benzene rings is 2. The molecule has 2 nitrogen and oxygen atoms in total. The van der Waals surface area contributed by atoms with Gasteiger partial charge in [0.2, 0.25) is 0 Å². The van der Waals surface area contributed by atoms with Crippen molar-refractivity contribution in [1.29, 1.82) is 0 Å². The molecule has 0 bridgehead atoms. The molecule has 122 valence electrons. The normalized spacial score (nSPS) is 17.1. The van der Waals surface area contributed by atoms with Crippen LogP contribution in [-0.2, 0) is 17.0 Å². The largest absolute Gasteiger partial charge is 0.379 e. The van der Waals surface area contributed by atoms with Gasteiger partial charge in [-0.2, -0.15) is 25.3 Å². The van der Waals surface area contributed by atoms with Gasteiger partial charge in [-0.25, -0.2) is 0 Å². The number of thiol groups is 2. The topological polar surface area (TPSA) is 12.5 Å². The van der Waals surface area contributed by atoms with Crippen LogP contribution in [0.3, 0.4) is 0 Å². The number of morpholine rings is 1. The van der Waals surface area contributed by atoms with Crippen LogP contribution in [0, 0.1) is 0 Å². The van der Waals surface area contributed by atoms with E-state index in [1.807, 2.05) is 6.07 Å². The molecule has 0 amide bonds. The molecule has 0 spiro atoms. The lowest BCUT2D eigenvalue weighted by Crippen LogP contribution is -2.35. The zero-order valence-corrected chi connectivity index (χ0v) is 15.0. The summed E-state index contributed by atoms with van der Waals surface area (Å²) < 4.78 is 5.44. The molecule has 1 fully saturated rings. The second-order valence-corrected chi connectivity index (χ2v) is 6.78. The third kappa shape index (κ3) is 4.54. The second-order valence-electron chi connectivity index (χ2n) is 5.94. The van der Waals surface area contributed by atoms with Crippen molar-refractivity contribution in [3.63, 3.8) is 0 Å². The third-order valence-electron chi connectivity index (χ3n) is 4.20. The Morgan fingerprint density at radius 2 is 1.65 bits per heavy atom. The number of hydrogen-bond acceptors (Lipinski definition) is 4. The highest BCUT2D eigenvalue weighted by molar-refractivity contribution is 7.80. The lowest BCUT2D eigenvalue weighted by Gasteiger charge is -2.27. The van der Waals surface area contributed by atoms with Crippen LogP contribution in [0.5, 0.6) is 0 Å². The zero-order chi connectivity index (χ0) is 16.1. The summed E-state index contributed by atoms with van der Waals surface area (Å²) in [7, 11) is 0. The highest BCUT2D eigenvalue weighted by Crippen LogP contribution is 2.30. The second kappa shape index (κ2) is 8.25. The van der Waals surface area contributed by atoms with E-state index in [0.717, 1.165) is 38.6 Å². The van der Waals surface area contributed by atoms with Crippen LogP contribution in [0.4, 0.5) is 0 Å². The minimum atomic E-state index is 0.0967. The van der Waals surface area contributed by atoms with E-state index in [9.17, 15) is 0 Å². The van der Waals surface area contributed by atoms with Crippen LogP contribution >= 0.6 is 25.3 Å². The van der Waals surface area contributed by atoms with E-state index in [-0.39, 0.29) is 5.25 Å². The van der Waals surface area contributed by atoms with Crippen LogP contribution in [0.25, 0.3) is 0 Å². The molecule has 3 rings (SSSR count). The summed E-state index contributed by atoms with van der Waals surface area (Å²) in [4.78, 5) is 2.45. The average molecular weight is 346 g/mol. The van der Waals surface area contributed by atoms with Crippen molar-refractivity contribution in [3.05, 3.63) is 70.8 Å². The molecule has 1 unspecified atom stereocenters. The van der Waals surface area contributed by atoms with Gasteiger partial charge >= 0.3 is 0 Å². The Bertz CT molecular complexity index is 627. The maximum Gasteiger partial charge on any atom is 0.0594 e. The summed E-state index contributed by atoms with van der Waals surface area (Å²) >= 11 is 9.32. The first-order valence-corrected chi connectivity index (χ1v) is 9.18. The molecule has 1 aliphatic heterocycles. The maximum atomic E-state index is 5.44. The molecule has 1 atom stereocenters. The fourth-order valence-corrected chi connectivity index (χ4v) is 3.48. The van der Waals surface area contributed by atoms with Crippen LogP contribution in [0.15, 0.2) is 48.5 Å². The first kappa shape index (κ1) is 16.9. The first-order valence-electron chi connectivity index (χ1n) is 8.03. The number of hydrogen-bond donors (Lipinski definition) is 2. The minimum Gasteiger partial charge on any atom is -0.379 e. The smallest absolute Gasteiger partial charge is 0.0594 e. The van der Waals surface area contributed by atoms with Crippen molar-refractivity contribution < 1.29 is 4.74 Å². The molecule has 2 aromatic carbocycles. The van der Waals surface area contributed by atoms with Crippen LogP contribution in [0.2, 0.25) is 0 Å². The van der Waals surface area contributed by atoms with Crippen molar-refractivity contribution in [2.45, 2.75) is 17.5 Å². The molecule has 1 heterocycles. The van der Waals surface area contributed by atoms with E-state index in [4.69, 9.17) is 17.4 Å². The van der Waals surface area contributed by atoms with Crippen LogP contribution in [0.1, 0.15) is 27.5 Å². The van der Waals surface area contributed by atoms with Gasteiger partial charge in [-0.1, -0.05) is 48.5 Å². The van der Waals surface area contributed by atoms with Crippen molar-refractivity contribution in [2.75, 3.05) is 26.3 Å². The minimum absolute atomic E-state index is 0.0967. The SMILES string of the molecule is SCc1cc(CN2CCOCC2)cc(C(S)c2ccccc2)c1. The number of nitrogens with zero attached hydrogens (tertiary/aromatic N) is 1. The average Bonchev–Trinajstić information content (AvgIpc) is 2.62. The van der Waals surface area contributed by atoms with Gasteiger partial charge in [0.1, 0.15) is 0 Å². The predicted molar refractivity (Wildman–Crippen MR) is 102 cm³/mol. The molecule has 4 heteroatoms. The lowest BCUT2D eigenvalue weighted by atomic mass is 9.99. The van der Waals surface area contributed by atoms with Crippen molar-refractivity contribution >= 4 is 25.3 Å². The zero-order valence-electron chi connectivity index (χ0n) is 13.2. The molecular weight excluding hydrogens is 322 g/mol. The van der Waals surface area contributed by atoms with E-state index in [0.29, 0.717) is 0 Å². The number of rotatable bonds is 5. The first-order chi connectivity index (χ1) is 11.3. The van der Waals surface area contributed by atoms with E-state index in [1.165, 1.54) is 22.3 Å². The molecule has 0 N–H and O–H groups in total. The summed E-state index contributed by atoms with van der Waals surface area (Å²) in [6, 6.07) is 17.2. The fourth-order valence-electron chi connectivity index (χ4n) is 2.98. The molecule has 2 aromatic rings. The summed E-state index contributed by atoms with van der Waals surface area (Å²) in [6.07, 6.45) is 0. The van der Waals surface area contributed by atoms with Crippen molar-refractivity contribution in [3.8, 4) is 0 Å². The maximum absolute atomic E-state index is 5.44. The van der Waals surface area contributed by atoms with Gasteiger partial charge < -0.3 is 4.74 Å². The van der Waals surface area contributed by atoms with Crippen LogP contribution in [-0.4, -0.2) is 31.2 Å². The van der Waals surface area contributed by atoms with Gasteiger partial charge in [-0.3, -0.25) is 4.90 Å². The van der Waals surface area contributed by atoms with Gasteiger partial charge in [0.25, 0.3) is 0 Å². The van der Waals surface area contributed by atoms with Gasteiger partial charge in [-0.05, 0) is 22.3 Å². The Balaban J connectivity index is 1.83. The molecule has 0 saturated carbocycles. The predicted octanol–water partition coefficient (Wildman–Crippen LogP) is 3.97. The molecule has 0 radical (unpaired) electrons. The van der Waals surface area contributed by atoms with Crippen LogP contribution < -0.4 is 0 Å². The fraction of sp³-hybridized carbons (Fsp3) is 0.368. The molecular formula is C19H23NOS2. The molecule has 23 heavy (non-hydrogen) atoms. The monoisotopic (exact) mass is 345 g/mol. The molecule has 0 aliphatic carbocycles. The van der Waals surface area contributed by atoms with Crippen molar-refractivity contribution in [2.24, 2.45) is 0 Å². The summed E-state index contributed by atoms with van der Waals surface area (Å²) in [6.45, 7) is 4.64. The van der Waals surface area contributed by atoms with Gasteiger partial charge in [0.15, 0.2) is 0 Å². The van der Waals surface area contributed by atoms with E-state index in [1.54, 1.807) is 0 Å². The Hall–Kier alpha value is -0.940. The van der Waals surface area contributed by atoms with Gasteiger partial charge in [0, 0.05) is 25.4 Å². The Labute approximate surface area is 149 Å². The number of ether oxygens (including phenoxy) is 1. The van der Waals surface area contributed by atoms with Gasteiger partial charge in [-0.15, -0.1) is 0 Å². The molecule has 1 aliphatic rings. The standard InChI is InChI=1S/C19H23NOS2/c22-14-16-10-15(13-20-6-8-21-9-7-20)11-18(12-16)19(23)17-4-2-1-3-5-17/h1-5,10-12,19,22-23H,6-9,13-14H2. The Morgan fingerprint density at radius 3 is 2.35 bits per heavy atom. The van der Waals surface area contributed by atoms with E-state index < -0.39 is 0 Å². The lowest BCUT2D eigenvalue weighted by molar-refractivity contribution is 0.0342. The quantitative estimate of drug-likeness (QED) is 0.796. The highest BCUT2D eigenvalue weighted by Gasteiger charge is 2.14. The van der Waals surface area contributed by atoms with E-state index >= 15 is 0 Å². The summed E-state index contributed by atoms with van der Waals surface area (Å²) in [5.41, 5.74) is 5.06. The van der Waals surface area contributed by atoms with E-state index in [2.05, 4.69) is 60.0 Å². The molecule has 1 saturated heterocycles. The van der Waals surface area contributed by atoms with Gasteiger partial charge in [0.05, 0.1) is 18.5 Å². The summed E-state index contributed by atoms with van der Waals surface area (Å²) in [5, 5.41) is 0.0967. The summed E-state index contributed by atoms with van der Waals surface area (Å²) in [5.74, 6) is 0.749.